The van der Waals surface area contributed by atoms with Gasteiger partial charge < -0.3 is 14.6 Å². The molecule has 1 N–H and O–H groups in total. The lowest BCUT2D eigenvalue weighted by atomic mass is 10.1. The number of ether oxygens (including phenoxy) is 2. The van der Waals surface area contributed by atoms with Gasteiger partial charge in [0, 0.05) is 6.42 Å². The van der Waals surface area contributed by atoms with E-state index in [1.165, 1.54) is 5.06 Å². The van der Waals surface area contributed by atoms with Crippen LogP contribution in [0.4, 0.5) is 0 Å². The Hall–Kier alpha value is -2.41. The molecule has 2 aromatic rings. The molecule has 1 aliphatic heterocycles. The fourth-order valence-corrected chi connectivity index (χ4v) is 2.71. The van der Waals surface area contributed by atoms with Gasteiger partial charge >= 0.3 is 0 Å². The van der Waals surface area contributed by atoms with Crippen molar-refractivity contribution in [2.24, 2.45) is 0 Å². The molecule has 1 aliphatic rings. The summed E-state index contributed by atoms with van der Waals surface area (Å²) in [6.45, 7) is 1.25. The third-order valence-corrected chi connectivity index (χ3v) is 4.00. The summed E-state index contributed by atoms with van der Waals surface area (Å²) in [6, 6.07) is 16.0. The van der Waals surface area contributed by atoms with Gasteiger partial charge in [-0.3, -0.25) is 9.63 Å². The minimum Gasteiger partial charge on any atom is -0.508 e. The van der Waals surface area contributed by atoms with Crippen molar-refractivity contribution < 1.29 is 24.2 Å². The Labute approximate surface area is 146 Å². The molecule has 132 valence electrons. The van der Waals surface area contributed by atoms with Crippen molar-refractivity contribution >= 4 is 6.41 Å². The number of hydrogen-bond acceptors (Lipinski definition) is 5. The molecule has 0 unspecified atom stereocenters. The highest BCUT2D eigenvalue weighted by Crippen LogP contribution is 2.20. The van der Waals surface area contributed by atoms with E-state index in [0.717, 1.165) is 11.1 Å². The second kappa shape index (κ2) is 8.62. The van der Waals surface area contributed by atoms with Crippen LogP contribution >= 0.6 is 0 Å². The lowest BCUT2D eigenvalue weighted by Gasteiger charge is -2.30. The molecule has 0 aromatic heterocycles. The predicted octanol–water partition coefficient (Wildman–Crippen LogP) is 2.27. The fourth-order valence-electron chi connectivity index (χ4n) is 2.71. The third-order valence-electron chi connectivity index (χ3n) is 4.00. The smallest absolute Gasteiger partial charge is 0.233 e. The number of amides is 1. The van der Waals surface area contributed by atoms with Crippen LogP contribution in [0.1, 0.15) is 11.1 Å². The van der Waals surface area contributed by atoms with Crippen LogP contribution in [0, 0.1) is 0 Å². The first-order valence-electron chi connectivity index (χ1n) is 8.18. The summed E-state index contributed by atoms with van der Waals surface area (Å²) in [4.78, 5) is 17.3. The van der Waals surface area contributed by atoms with E-state index >= 15 is 0 Å². The van der Waals surface area contributed by atoms with Gasteiger partial charge in [0.25, 0.3) is 0 Å². The number of phenolic OH excluding ortho intramolecular Hbond substituents is 1. The zero-order chi connectivity index (χ0) is 17.5. The largest absolute Gasteiger partial charge is 0.508 e. The van der Waals surface area contributed by atoms with Gasteiger partial charge in [-0.1, -0.05) is 42.5 Å². The number of hydrogen-bond donors (Lipinski definition) is 1. The summed E-state index contributed by atoms with van der Waals surface area (Å²) in [5.74, 6) is 0.196. The Morgan fingerprint density at radius 3 is 2.40 bits per heavy atom. The maximum Gasteiger partial charge on any atom is 0.233 e. The molecule has 0 radical (unpaired) electrons. The maximum atomic E-state index is 11.6. The predicted molar refractivity (Wildman–Crippen MR) is 90.4 cm³/mol. The quantitative estimate of drug-likeness (QED) is 0.588. The van der Waals surface area contributed by atoms with Gasteiger partial charge in [0.1, 0.15) is 18.4 Å². The molecule has 3 rings (SSSR count). The molecule has 25 heavy (non-hydrogen) atoms. The number of benzene rings is 2. The summed E-state index contributed by atoms with van der Waals surface area (Å²) in [5, 5.41) is 10.7. The first-order valence-corrected chi connectivity index (χ1v) is 8.18. The van der Waals surface area contributed by atoms with Gasteiger partial charge in [-0.05, 0) is 23.3 Å². The summed E-state index contributed by atoms with van der Waals surface area (Å²) in [6.07, 6.45) is 0.590. The number of rotatable bonds is 8. The molecule has 1 fully saturated rings. The lowest BCUT2D eigenvalue weighted by molar-refractivity contribution is -0.226. The Morgan fingerprint density at radius 2 is 1.76 bits per heavy atom. The highest BCUT2D eigenvalue weighted by molar-refractivity contribution is 5.46. The molecule has 6 heteroatoms. The molecular formula is C19H21NO5. The van der Waals surface area contributed by atoms with Gasteiger partial charge in [-0.15, -0.1) is 0 Å². The van der Waals surface area contributed by atoms with E-state index in [1.807, 2.05) is 30.3 Å². The van der Waals surface area contributed by atoms with Crippen LogP contribution in [0.5, 0.6) is 5.75 Å². The molecule has 0 saturated carbocycles. The average Bonchev–Trinajstić information content (AvgIpc) is 3.18. The average molecular weight is 343 g/mol. The van der Waals surface area contributed by atoms with Crippen molar-refractivity contribution in [1.82, 2.24) is 5.06 Å². The molecule has 1 atom stereocenters. The second-order valence-electron chi connectivity index (χ2n) is 5.77. The molecule has 0 spiro atoms. The number of carbonyl (C=O) groups excluding carboxylic acids is 1. The van der Waals surface area contributed by atoms with Gasteiger partial charge in [-0.2, -0.15) is 0 Å². The number of nitrogens with zero attached hydrogens (tertiary/aromatic N) is 1. The van der Waals surface area contributed by atoms with Crippen molar-refractivity contribution in [2.45, 2.75) is 25.4 Å². The Kier molecular flexibility index (Phi) is 6.00. The number of carbonyl (C=O) groups is 1. The van der Waals surface area contributed by atoms with Crippen LogP contribution in [0.25, 0.3) is 0 Å². The highest BCUT2D eigenvalue weighted by atomic mass is 16.7. The van der Waals surface area contributed by atoms with E-state index in [9.17, 15) is 9.90 Å². The topological polar surface area (TPSA) is 68.2 Å². The highest BCUT2D eigenvalue weighted by Gasteiger charge is 2.32. The van der Waals surface area contributed by atoms with Crippen molar-refractivity contribution in [3.63, 3.8) is 0 Å². The van der Waals surface area contributed by atoms with Gasteiger partial charge in [0.15, 0.2) is 6.29 Å². The Bertz CT molecular complexity index is 655. The molecule has 0 bridgehead atoms. The van der Waals surface area contributed by atoms with Gasteiger partial charge in [-0.25, -0.2) is 5.06 Å². The molecule has 1 heterocycles. The minimum atomic E-state index is -0.547. The van der Waals surface area contributed by atoms with Gasteiger partial charge in [0.05, 0.1) is 13.2 Å². The van der Waals surface area contributed by atoms with Crippen LogP contribution < -0.4 is 0 Å². The molecule has 1 saturated heterocycles. The first kappa shape index (κ1) is 17.4. The second-order valence-corrected chi connectivity index (χ2v) is 5.77. The van der Waals surface area contributed by atoms with E-state index in [1.54, 1.807) is 24.3 Å². The number of hydroxylamine groups is 2. The third kappa shape index (κ3) is 4.79. The summed E-state index contributed by atoms with van der Waals surface area (Å²) in [7, 11) is 0. The minimum absolute atomic E-state index is 0.196. The number of phenols is 1. The van der Waals surface area contributed by atoms with Crippen molar-refractivity contribution in [1.29, 1.82) is 0 Å². The van der Waals surface area contributed by atoms with Crippen LogP contribution in [-0.2, 0) is 32.1 Å². The monoisotopic (exact) mass is 343 g/mol. The van der Waals surface area contributed by atoms with Crippen molar-refractivity contribution in [3.05, 3.63) is 65.7 Å². The molecular weight excluding hydrogens is 322 g/mol. The molecule has 0 aliphatic carbocycles. The van der Waals surface area contributed by atoms with Crippen molar-refractivity contribution in [3.8, 4) is 5.75 Å². The van der Waals surface area contributed by atoms with E-state index in [2.05, 4.69) is 0 Å². The zero-order valence-electron chi connectivity index (χ0n) is 13.8. The van der Waals surface area contributed by atoms with Gasteiger partial charge in [0.2, 0.25) is 6.41 Å². The molecule has 1 amide bonds. The molecule has 6 nitrogen and oxygen atoms in total. The number of aromatic hydroxyl groups is 1. The Morgan fingerprint density at radius 1 is 1.08 bits per heavy atom. The van der Waals surface area contributed by atoms with Crippen LogP contribution in [-0.4, -0.2) is 42.1 Å². The summed E-state index contributed by atoms with van der Waals surface area (Å²) in [5.41, 5.74) is 1.91. The van der Waals surface area contributed by atoms with E-state index in [4.69, 9.17) is 14.3 Å². The fraction of sp³-hybridized carbons (Fsp3) is 0.316. The first-order chi connectivity index (χ1) is 12.3. The SMILES string of the molecule is O=CN(OCc1ccccc1)[C@@H](Cc1ccc(O)cc1)C1OCCO1. The van der Waals surface area contributed by atoms with Crippen molar-refractivity contribution in [2.75, 3.05) is 13.2 Å². The van der Waals surface area contributed by atoms with Crippen LogP contribution in [0.2, 0.25) is 0 Å². The van der Waals surface area contributed by atoms with Crippen LogP contribution in [0.3, 0.4) is 0 Å². The Balaban J connectivity index is 1.71. The zero-order valence-corrected chi connectivity index (χ0v) is 13.8. The maximum absolute atomic E-state index is 11.6. The normalized spacial score (nSPS) is 15.8. The van der Waals surface area contributed by atoms with E-state index in [0.29, 0.717) is 26.0 Å². The van der Waals surface area contributed by atoms with E-state index < -0.39 is 12.3 Å². The van der Waals surface area contributed by atoms with E-state index in [-0.39, 0.29) is 12.4 Å². The van der Waals surface area contributed by atoms with Crippen LogP contribution in [0.15, 0.2) is 54.6 Å². The summed E-state index contributed by atoms with van der Waals surface area (Å²) >= 11 is 0. The lowest BCUT2D eigenvalue weighted by Crippen LogP contribution is -2.45. The standard InChI is InChI=1S/C19H21NO5/c21-14-20(25-13-16-4-2-1-3-5-16)18(19-23-10-11-24-19)12-15-6-8-17(22)9-7-15/h1-9,14,18-19,22H,10-13H2/t18-/m0/s1. The molecule has 2 aromatic carbocycles. The summed E-state index contributed by atoms with van der Waals surface area (Å²) < 4.78 is 11.2.